The van der Waals surface area contributed by atoms with E-state index in [1.54, 1.807) is 23.9 Å². The molecular formula is C14H18ClNO2S. The minimum Gasteiger partial charge on any atom is -0.391 e. The standard InChI is InChI=1S/C14H18ClNO2S/c1-2-19-13-8-9(15)6-7-10(13)14(18)16-11-4-3-5-12(11)17/h6-8,11-12,17H,2-5H2,1H3,(H,16,18)/t11-,12-/m1/s1. The van der Waals surface area contributed by atoms with Crippen molar-refractivity contribution in [1.82, 2.24) is 5.32 Å². The van der Waals surface area contributed by atoms with Gasteiger partial charge >= 0.3 is 0 Å². The fourth-order valence-electron chi connectivity index (χ4n) is 2.31. The van der Waals surface area contributed by atoms with Gasteiger partial charge in [-0.3, -0.25) is 4.79 Å². The molecule has 0 bridgehead atoms. The maximum Gasteiger partial charge on any atom is 0.252 e. The molecule has 19 heavy (non-hydrogen) atoms. The molecule has 0 unspecified atom stereocenters. The molecule has 1 aromatic rings. The molecule has 2 rings (SSSR count). The third kappa shape index (κ3) is 3.65. The summed E-state index contributed by atoms with van der Waals surface area (Å²) in [5.41, 5.74) is 0.635. The topological polar surface area (TPSA) is 49.3 Å². The fraction of sp³-hybridized carbons (Fsp3) is 0.500. The normalized spacial score (nSPS) is 22.5. The Balaban J connectivity index is 2.13. The lowest BCUT2D eigenvalue weighted by molar-refractivity contribution is 0.0870. The highest BCUT2D eigenvalue weighted by Gasteiger charge is 2.27. The molecule has 104 valence electrons. The Morgan fingerprint density at radius 2 is 2.32 bits per heavy atom. The van der Waals surface area contributed by atoms with Crippen molar-refractivity contribution >= 4 is 29.3 Å². The van der Waals surface area contributed by atoms with Crippen LogP contribution in [-0.2, 0) is 0 Å². The van der Waals surface area contributed by atoms with E-state index in [2.05, 4.69) is 5.32 Å². The second-order valence-electron chi connectivity index (χ2n) is 4.65. The highest BCUT2D eigenvalue weighted by Crippen LogP contribution is 2.27. The van der Waals surface area contributed by atoms with Crippen LogP contribution in [0.4, 0.5) is 0 Å². The number of halogens is 1. The second kappa shape index (κ2) is 6.64. The van der Waals surface area contributed by atoms with Crippen molar-refractivity contribution in [2.24, 2.45) is 0 Å². The second-order valence-corrected chi connectivity index (χ2v) is 6.39. The van der Waals surface area contributed by atoms with E-state index in [9.17, 15) is 9.90 Å². The van der Waals surface area contributed by atoms with Crippen LogP contribution < -0.4 is 5.32 Å². The molecule has 0 heterocycles. The van der Waals surface area contributed by atoms with Crippen molar-refractivity contribution in [3.8, 4) is 0 Å². The van der Waals surface area contributed by atoms with Crippen molar-refractivity contribution in [3.63, 3.8) is 0 Å². The maximum atomic E-state index is 12.3. The number of benzene rings is 1. The van der Waals surface area contributed by atoms with Crippen LogP contribution in [0.25, 0.3) is 0 Å². The number of rotatable bonds is 4. The van der Waals surface area contributed by atoms with Crippen molar-refractivity contribution in [1.29, 1.82) is 0 Å². The third-order valence-corrected chi connectivity index (χ3v) is 4.46. The quantitative estimate of drug-likeness (QED) is 0.840. The average molecular weight is 300 g/mol. The lowest BCUT2D eigenvalue weighted by Crippen LogP contribution is -2.40. The molecule has 0 saturated heterocycles. The molecule has 2 N–H and O–H groups in total. The molecule has 2 atom stereocenters. The van der Waals surface area contributed by atoms with Gasteiger partial charge in [-0.1, -0.05) is 18.5 Å². The summed E-state index contributed by atoms with van der Waals surface area (Å²) in [7, 11) is 0. The fourth-order valence-corrected chi connectivity index (χ4v) is 3.39. The highest BCUT2D eigenvalue weighted by molar-refractivity contribution is 7.99. The van der Waals surface area contributed by atoms with Gasteiger partial charge in [0.2, 0.25) is 0 Å². The van der Waals surface area contributed by atoms with Crippen LogP contribution in [-0.4, -0.2) is 28.9 Å². The van der Waals surface area contributed by atoms with Crippen molar-refractivity contribution < 1.29 is 9.90 Å². The summed E-state index contributed by atoms with van der Waals surface area (Å²) in [4.78, 5) is 13.2. The molecular weight excluding hydrogens is 282 g/mol. The summed E-state index contributed by atoms with van der Waals surface area (Å²) in [6.45, 7) is 2.04. The Bertz CT molecular complexity index is 467. The zero-order valence-electron chi connectivity index (χ0n) is 10.9. The molecule has 5 heteroatoms. The Morgan fingerprint density at radius 3 is 2.95 bits per heavy atom. The van der Waals surface area contributed by atoms with Gasteiger partial charge in [0.05, 0.1) is 17.7 Å². The van der Waals surface area contributed by atoms with E-state index in [4.69, 9.17) is 11.6 Å². The van der Waals surface area contributed by atoms with Crippen LogP contribution in [0.1, 0.15) is 36.5 Å². The number of carbonyl (C=O) groups is 1. The van der Waals surface area contributed by atoms with Gasteiger partial charge in [0, 0.05) is 9.92 Å². The van der Waals surface area contributed by atoms with Crippen LogP contribution in [0.2, 0.25) is 5.02 Å². The van der Waals surface area contributed by atoms with Gasteiger partial charge in [-0.2, -0.15) is 0 Å². The molecule has 0 aromatic heterocycles. The van der Waals surface area contributed by atoms with Gasteiger partial charge in [-0.25, -0.2) is 0 Å². The summed E-state index contributed by atoms with van der Waals surface area (Å²) >= 11 is 7.56. The molecule has 0 aliphatic heterocycles. The Hall–Kier alpha value is -0.710. The summed E-state index contributed by atoms with van der Waals surface area (Å²) in [5, 5.41) is 13.3. The molecule has 0 spiro atoms. The van der Waals surface area contributed by atoms with Crippen molar-refractivity contribution in [2.45, 2.75) is 43.2 Å². The largest absolute Gasteiger partial charge is 0.391 e. The number of thioether (sulfide) groups is 1. The molecule has 0 radical (unpaired) electrons. The lowest BCUT2D eigenvalue weighted by Gasteiger charge is -2.17. The zero-order chi connectivity index (χ0) is 13.8. The van der Waals surface area contributed by atoms with Gasteiger partial charge in [0.15, 0.2) is 0 Å². The highest BCUT2D eigenvalue weighted by atomic mass is 35.5. The van der Waals surface area contributed by atoms with Crippen LogP contribution >= 0.6 is 23.4 Å². The lowest BCUT2D eigenvalue weighted by atomic mass is 10.1. The smallest absolute Gasteiger partial charge is 0.252 e. The van der Waals surface area contributed by atoms with Crippen LogP contribution in [0.3, 0.4) is 0 Å². The van der Waals surface area contributed by atoms with Gasteiger partial charge < -0.3 is 10.4 Å². The van der Waals surface area contributed by atoms with E-state index >= 15 is 0 Å². The zero-order valence-corrected chi connectivity index (χ0v) is 12.4. The van der Waals surface area contributed by atoms with Gasteiger partial charge in [-0.15, -0.1) is 11.8 Å². The van der Waals surface area contributed by atoms with Crippen LogP contribution in [0.15, 0.2) is 23.1 Å². The number of aliphatic hydroxyl groups excluding tert-OH is 1. The van der Waals surface area contributed by atoms with E-state index < -0.39 is 6.10 Å². The summed E-state index contributed by atoms with van der Waals surface area (Å²) in [5.74, 6) is 0.755. The minimum absolute atomic E-state index is 0.123. The van der Waals surface area contributed by atoms with Crippen molar-refractivity contribution in [3.05, 3.63) is 28.8 Å². The first kappa shape index (κ1) is 14.7. The third-order valence-electron chi connectivity index (χ3n) is 3.28. The molecule has 1 aliphatic carbocycles. The minimum atomic E-state index is -0.418. The van der Waals surface area contributed by atoms with E-state index in [-0.39, 0.29) is 11.9 Å². The molecule has 1 aromatic carbocycles. The summed E-state index contributed by atoms with van der Waals surface area (Å²) < 4.78 is 0. The molecule has 1 amide bonds. The predicted octanol–water partition coefficient (Wildman–Crippen LogP) is 3.10. The van der Waals surface area contributed by atoms with Gasteiger partial charge in [0.1, 0.15) is 0 Å². The predicted molar refractivity (Wildman–Crippen MR) is 79.0 cm³/mol. The number of nitrogens with one attached hydrogen (secondary N) is 1. The Labute approximate surface area is 122 Å². The first-order valence-electron chi connectivity index (χ1n) is 6.53. The van der Waals surface area contributed by atoms with Crippen molar-refractivity contribution in [2.75, 3.05) is 5.75 Å². The van der Waals surface area contributed by atoms with Gasteiger partial charge in [0.25, 0.3) is 5.91 Å². The molecule has 1 saturated carbocycles. The van der Waals surface area contributed by atoms with Crippen LogP contribution in [0.5, 0.6) is 0 Å². The Morgan fingerprint density at radius 1 is 1.53 bits per heavy atom. The van der Waals surface area contributed by atoms with Crippen LogP contribution in [0, 0.1) is 0 Å². The number of aliphatic hydroxyl groups is 1. The van der Waals surface area contributed by atoms with E-state index in [0.29, 0.717) is 10.6 Å². The number of carbonyl (C=O) groups excluding carboxylic acids is 1. The SMILES string of the molecule is CCSc1cc(Cl)ccc1C(=O)N[C@@H]1CCC[C@H]1O. The van der Waals surface area contributed by atoms with E-state index in [1.807, 2.05) is 13.0 Å². The molecule has 1 aliphatic rings. The summed E-state index contributed by atoms with van der Waals surface area (Å²) in [6, 6.07) is 5.16. The number of amides is 1. The number of hydrogen-bond acceptors (Lipinski definition) is 3. The maximum absolute atomic E-state index is 12.3. The first-order chi connectivity index (χ1) is 9.11. The Kier molecular flexibility index (Phi) is 5.13. The monoisotopic (exact) mass is 299 g/mol. The average Bonchev–Trinajstić information content (AvgIpc) is 2.75. The first-order valence-corrected chi connectivity index (χ1v) is 7.89. The number of hydrogen-bond donors (Lipinski definition) is 2. The van der Waals surface area contributed by atoms with Gasteiger partial charge in [-0.05, 0) is 43.2 Å². The van der Waals surface area contributed by atoms with E-state index in [1.165, 1.54) is 0 Å². The molecule has 1 fully saturated rings. The summed E-state index contributed by atoms with van der Waals surface area (Å²) in [6.07, 6.45) is 2.15. The molecule has 3 nitrogen and oxygen atoms in total. The van der Waals surface area contributed by atoms with E-state index in [0.717, 1.165) is 29.9 Å².